The summed E-state index contributed by atoms with van der Waals surface area (Å²) in [6.07, 6.45) is 0. The number of aromatic nitrogens is 2. The quantitative estimate of drug-likeness (QED) is 0.188. The lowest BCUT2D eigenvalue weighted by Crippen LogP contribution is -2.57. The lowest BCUT2D eigenvalue weighted by atomic mass is 9.35. The normalized spacial score (nSPS) is 12.8. The van der Waals surface area contributed by atoms with Crippen LogP contribution in [0.25, 0.3) is 55.0 Å². The molecule has 0 aliphatic carbocycles. The summed E-state index contributed by atoms with van der Waals surface area (Å²) < 4.78 is 18.0. The van der Waals surface area contributed by atoms with Gasteiger partial charge in [0.2, 0.25) is 0 Å². The Hall–Kier alpha value is -6.38. The summed E-state index contributed by atoms with van der Waals surface area (Å²) in [6.45, 7) is -0.00652. The zero-order valence-corrected chi connectivity index (χ0v) is 25.1. The number of para-hydroxylation sites is 4. The molecule has 0 N–H and O–H groups in total. The van der Waals surface area contributed by atoms with E-state index in [0.717, 1.165) is 61.6 Å². The van der Waals surface area contributed by atoms with Crippen molar-refractivity contribution in [3.05, 3.63) is 152 Å². The molecule has 0 fully saturated rings. The van der Waals surface area contributed by atoms with E-state index in [9.17, 15) is 0 Å². The van der Waals surface area contributed by atoms with Crippen LogP contribution in [-0.4, -0.2) is 15.8 Å². The van der Waals surface area contributed by atoms with Gasteiger partial charge in [-0.25, -0.2) is 0 Å². The highest BCUT2D eigenvalue weighted by atomic mass is 16.5. The Bertz CT molecular complexity index is 2690. The lowest BCUT2D eigenvalue weighted by Gasteiger charge is -2.32. The van der Waals surface area contributed by atoms with Crippen molar-refractivity contribution in [2.75, 3.05) is 0 Å². The van der Waals surface area contributed by atoms with Gasteiger partial charge in [-0.1, -0.05) is 84.9 Å². The van der Waals surface area contributed by atoms with Crippen LogP contribution in [0.4, 0.5) is 0 Å². The number of benzene rings is 6. The van der Waals surface area contributed by atoms with Crippen molar-refractivity contribution in [1.82, 2.24) is 9.13 Å². The van der Waals surface area contributed by atoms with E-state index in [2.05, 4.69) is 149 Å². The van der Waals surface area contributed by atoms with E-state index in [0.29, 0.717) is 5.75 Å². The summed E-state index contributed by atoms with van der Waals surface area (Å²) in [6, 6.07) is 55.7. The van der Waals surface area contributed by atoms with Gasteiger partial charge >= 0.3 is 0 Å². The first-order valence-electron chi connectivity index (χ1n) is 15.9. The fourth-order valence-electron chi connectivity index (χ4n) is 7.95. The Morgan fingerprint density at radius 2 is 1.11 bits per heavy atom. The van der Waals surface area contributed by atoms with Crippen molar-refractivity contribution in [1.29, 1.82) is 0 Å². The molecule has 2 aliphatic rings. The van der Waals surface area contributed by atoms with Crippen LogP contribution >= 0.6 is 0 Å². The Kier molecular flexibility index (Phi) is 4.82. The molecular formula is C42H23BN2O2. The molecule has 0 saturated heterocycles. The van der Waals surface area contributed by atoms with E-state index in [1.807, 2.05) is 12.1 Å². The summed E-state index contributed by atoms with van der Waals surface area (Å²) in [4.78, 5) is 0. The molecule has 0 spiro atoms. The second-order valence-electron chi connectivity index (χ2n) is 12.3. The van der Waals surface area contributed by atoms with Crippen molar-refractivity contribution in [3.8, 4) is 34.4 Å². The van der Waals surface area contributed by atoms with E-state index in [1.165, 1.54) is 27.1 Å². The summed E-state index contributed by atoms with van der Waals surface area (Å²) >= 11 is 0. The average Bonchev–Trinajstić information content (AvgIpc) is 3.62. The zero-order chi connectivity index (χ0) is 30.6. The highest BCUT2D eigenvalue weighted by Crippen LogP contribution is 2.42. The molecule has 2 aliphatic heterocycles. The molecule has 0 atom stereocenters. The van der Waals surface area contributed by atoms with E-state index < -0.39 is 0 Å². The second kappa shape index (κ2) is 9.09. The predicted octanol–water partition coefficient (Wildman–Crippen LogP) is 8.21. The van der Waals surface area contributed by atoms with Crippen LogP contribution in [0, 0.1) is 12.1 Å². The number of hydrogen-bond donors (Lipinski definition) is 0. The first-order chi connectivity index (χ1) is 23.3. The summed E-state index contributed by atoms with van der Waals surface area (Å²) in [5.74, 6) is 3.17. The standard InChI is InChI=1S/C42H23BN2O2/c1-2-12-26(13-3-1)44-34-18-8-4-14-28(34)30-24-31-29-15-5-9-19-35(29)45(37(31)25-36(30)44)27-22-40-42-41(23-27)47-39-21-11-7-17-33(39)43(42)32-16-6-10-20-38(32)46-40/h1-10,12-20,22-25H. The summed E-state index contributed by atoms with van der Waals surface area (Å²) in [7, 11) is 0. The van der Waals surface area contributed by atoms with E-state index >= 15 is 0 Å². The lowest BCUT2D eigenvalue weighted by molar-refractivity contribution is 0.464. The monoisotopic (exact) mass is 598 g/mol. The first kappa shape index (κ1) is 24.9. The summed E-state index contributed by atoms with van der Waals surface area (Å²) in [5.41, 5.74) is 9.97. The molecule has 7 aromatic carbocycles. The van der Waals surface area contributed by atoms with Gasteiger partial charge < -0.3 is 18.6 Å². The third kappa shape index (κ3) is 3.34. The summed E-state index contributed by atoms with van der Waals surface area (Å²) in [5, 5.41) is 4.87. The maximum Gasteiger partial charge on any atom is 0.261 e. The van der Waals surface area contributed by atoms with Crippen molar-refractivity contribution >= 4 is 66.7 Å². The van der Waals surface area contributed by atoms with Gasteiger partial charge in [0, 0.05) is 44.8 Å². The number of fused-ring (bicyclic) bond motifs is 10. The Labute approximate surface area is 270 Å². The highest BCUT2D eigenvalue weighted by molar-refractivity contribution is 6.98. The molecule has 2 aromatic heterocycles. The smallest absolute Gasteiger partial charge is 0.261 e. The number of rotatable bonds is 2. The molecule has 0 saturated carbocycles. The van der Waals surface area contributed by atoms with Crippen LogP contribution < -0.4 is 25.9 Å². The van der Waals surface area contributed by atoms with E-state index in [-0.39, 0.29) is 6.71 Å². The molecule has 4 heterocycles. The predicted molar refractivity (Wildman–Crippen MR) is 190 cm³/mol. The van der Waals surface area contributed by atoms with Crippen LogP contribution in [-0.2, 0) is 0 Å². The van der Waals surface area contributed by atoms with Gasteiger partial charge in [-0.05, 0) is 65.5 Å². The minimum Gasteiger partial charge on any atom is -0.458 e. The molecule has 11 rings (SSSR count). The van der Waals surface area contributed by atoms with Crippen molar-refractivity contribution in [2.24, 2.45) is 0 Å². The van der Waals surface area contributed by atoms with Crippen LogP contribution in [0.2, 0.25) is 0 Å². The van der Waals surface area contributed by atoms with Crippen LogP contribution in [0.5, 0.6) is 23.0 Å². The Morgan fingerprint density at radius 1 is 0.468 bits per heavy atom. The van der Waals surface area contributed by atoms with E-state index in [1.54, 1.807) is 0 Å². The van der Waals surface area contributed by atoms with Crippen LogP contribution in [0.3, 0.4) is 0 Å². The molecule has 5 heteroatoms. The van der Waals surface area contributed by atoms with Gasteiger partial charge in [-0.3, -0.25) is 0 Å². The van der Waals surface area contributed by atoms with Gasteiger partial charge in [0.05, 0.1) is 27.8 Å². The molecule has 0 radical (unpaired) electrons. The molecular weight excluding hydrogens is 575 g/mol. The second-order valence-corrected chi connectivity index (χ2v) is 12.3. The van der Waals surface area contributed by atoms with Gasteiger partial charge in [0.25, 0.3) is 6.71 Å². The van der Waals surface area contributed by atoms with Gasteiger partial charge in [-0.2, -0.15) is 0 Å². The Balaban J connectivity index is 1.23. The highest BCUT2D eigenvalue weighted by Gasteiger charge is 2.40. The molecule has 0 bridgehead atoms. The maximum atomic E-state index is 6.67. The Morgan fingerprint density at radius 3 is 1.87 bits per heavy atom. The molecule has 47 heavy (non-hydrogen) atoms. The zero-order valence-electron chi connectivity index (χ0n) is 25.1. The van der Waals surface area contributed by atoms with Crippen LogP contribution in [0.15, 0.2) is 140 Å². The molecule has 4 nitrogen and oxygen atoms in total. The number of nitrogens with zero attached hydrogens (tertiary/aromatic N) is 2. The van der Waals surface area contributed by atoms with Crippen LogP contribution in [0.1, 0.15) is 0 Å². The number of hydrogen-bond acceptors (Lipinski definition) is 2. The largest absolute Gasteiger partial charge is 0.458 e. The van der Waals surface area contributed by atoms with Crippen molar-refractivity contribution < 1.29 is 9.47 Å². The van der Waals surface area contributed by atoms with E-state index in [4.69, 9.17) is 9.47 Å². The molecule has 0 unspecified atom stereocenters. The van der Waals surface area contributed by atoms with Crippen molar-refractivity contribution in [2.45, 2.75) is 0 Å². The molecule has 216 valence electrons. The first-order valence-corrected chi connectivity index (χ1v) is 15.9. The maximum absolute atomic E-state index is 6.67. The van der Waals surface area contributed by atoms with Gasteiger partial charge in [-0.15, -0.1) is 0 Å². The van der Waals surface area contributed by atoms with Gasteiger partial charge in [0.15, 0.2) is 5.75 Å². The SMILES string of the molecule is c1ccc2c(c#1)Oc1cc(-n3c4ccccc4c4cc5c6ccccc6n(-c6ccccc6)c5cc43)cc3c1B2c1ccccc1O3. The molecule has 9 aromatic rings. The average molecular weight is 598 g/mol. The van der Waals surface area contributed by atoms with Crippen molar-refractivity contribution in [3.63, 3.8) is 0 Å². The minimum absolute atomic E-state index is 0.00652. The number of ether oxygens (including phenoxy) is 2. The third-order valence-electron chi connectivity index (χ3n) is 9.88. The fraction of sp³-hybridized carbons (Fsp3) is 0. The fourth-order valence-corrected chi connectivity index (χ4v) is 7.95. The van der Waals surface area contributed by atoms with Gasteiger partial charge in [0.1, 0.15) is 17.2 Å². The molecule has 0 amide bonds. The topological polar surface area (TPSA) is 28.3 Å². The minimum atomic E-state index is -0.00652. The third-order valence-corrected chi connectivity index (χ3v) is 9.88.